The molecule has 3 rings (SSSR count). The molecule has 0 bridgehead atoms. The zero-order valence-corrected chi connectivity index (χ0v) is 14.3. The van der Waals surface area contributed by atoms with E-state index >= 15 is 0 Å². The Morgan fingerprint density at radius 2 is 2.29 bits per heavy atom. The number of nitrogens with one attached hydrogen (secondary N) is 1. The smallest absolute Gasteiger partial charge is 0.271 e. The highest BCUT2D eigenvalue weighted by Gasteiger charge is 2.28. The summed E-state index contributed by atoms with van der Waals surface area (Å²) in [5.74, 6) is -0.172. The molecule has 1 aromatic heterocycles. The minimum atomic E-state index is -0.520. The van der Waals surface area contributed by atoms with Crippen LogP contribution in [0, 0.1) is 10.1 Å². The fraction of sp³-hybridized carbons (Fsp3) is 0.312. The minimum absolute atomic E-state index is 0.102. The highest BCUT2D eigenvalue weighted by molar-refractivity contribution is 7.10. The van der Waals surface area contributed by atoms with Crippen LogP contribution < -0.4 is 5.32 Å². The van der Waals surface area contributed by atoms with E-state index in [0.717, 1.165) is 19.4 Å². The standard InChI is InChI=1S/C16H16ClN3O3S/c17-12-9-11(20(22)23)5-6-13(12)18-16(21)10-19-7-1-3-14(19)15-4-2-8-24-15/h2,4-6,8-9,14H,1,3,7,10H2,(H,18,21)/t14-/m0/s1. The van der Waals surface area contributed by atoms with Gasteiger partial charge >= 0.3 is 0 Å². The molecule has 0 unspecified atom stereocenters. The lowest BCUT2D eigenvalue weighted by Crippen LogP contribution is -2.32. The lowest BCUT2D eigenvalue weighted by atomic mass is 10.2. The largest absolute Gasteiger partial charge is 0.324 e. The molecule has 1 aromatic carbocycles. The number of nitro groups is 1. The lowest BCUT2D eigenvalue weighted by Gasteiger charge is -2.23. The number of carbonyl (C=O) groups excluding carboxylic acids is 1. The topological polar surface area (TPSA) is 75.5 Å². The molecule has 24 heavy (non-hydrogen) atoms. The van der Waals surface area contributed by atoms with Crippen molar-refractivity contribution in [1.82, 2.24) is 4.90 Å². The Morgan fingerprint density at radius 1 is 1.46 bits per heavy atom. The maximum Gasteiger partial charge on any atom is 0.271 e. The molecular weight excluding hydrogens is 350 g/mol. The third-order valence-corrected chi connectivity index (χ3v) is 5.31. The van der Waals surface area contributed by atoms with Gasteiger partial charge in [-0.3, -0.25) is 19.8 Å². The highest BCUT2D eigenvalue weighted by atomic mass is 35.5. The van der Waals surface area contributed by atoms with E-state index in [1.54, 1.807) is 11.3 Å². The van der Waals surface area contributed by atoms with Crippen LogP contribution in [0.15, 0.2) is 35.7 Å². The van der Waals surface area contributed by atoms with Crippen LogP contribution in [-0.4, -0.2) is 28.8 Å². The van der Waals surface area contributed by atoms with Gasteiger partial charge in [0.15, 0.2) is 0 Å². The average Bonchev–Trinajstić information content (AvgIpc) is 3.19. The Kier molecular flexibility index (Phi) is 5.13. The van der Waals surface area contributed by atoms with E-state index in [1.165, 1.54) is 23.1 Å². The van der Waals surface area contributed by atoms with Gasteiger partial charge in [0.2, 0.25) is 5.91 Å². The second kappa shape index (κ2) is 7.29. The first-order chi connectivity index (χ1) is 11.5. The van der Waals surface area contributed by atoms with Crippen LogP contribution in [0.3, 0.4) is 0 Å². The summed E-state index contributed by atoms with van der Waals surface area (Å²) in [5, 5.41) is 15.7. The molecule has 0 spiro atoms. The number of hydrogen-bond donors (Lipinski definition) is 1. The number of benzene rings is 1. The van der Waals surface area contributed by atoms with E-state index in [-0.39, 0.29) is 29.2 Å². The van der Waals surface area contributed by atoms with Crippen molar-refractivity contribution in [2.45, 2.75) is 18.9 Å². The number of likely N-dealkylation sites (tertiary alicyclic amines) is 1. The van der Waals surface area contributed by atoms with Gasteiger partial charge in [-0.2, -0.15) is 0 Å². The summed E-state index contributed by atoms with van der Waals surface area (Å²) in [6.45, 7) is 1.15. The molecule has 1 saturated heterocycles. The van der Waals surface area contributed by atoms with E-state index in [1.807, 2.05) is 11.4 Å². The fourth-order valence-electron chi connectivity index (χ4n) is 2.91. The van der Waals surface area contributed by atoms with Crippen LogP contribution in [0.2, 0.25) is 5.02 Å². The van der Waals surface area contributed by atoms with Crippen molar-refractivity contribution in [3.63, 3.8) is 0 Å². The summed E-state index contributed by atoms with van der Waals surface area (Å²) in [7, 11) is 0. The van der Waals surface area contributed by atoms with Crippen molar-refractivity contribution in [1.29, 1.82) is 0 Å². The SMILES string of the molecule is O=C(CN1CCC[C@H]1c1cccs1)Nc1ccc([N+](=O)[O-])cc1Cl. The number of thiophene rings is 1. The summed E-state index contributed by atoms with van der Waals surface area (Å²) in [6.07, 6.45) is 2.11. The van der Waals surface area contributed by atoms with Gasteiger partial charge in [0.05, 0.1) is 22.2 Å². The molecule has 0 radical (unpaired) electrons. The van der Waals surface area contributed by atoms with Crippen molar-refractivity contribution >= 4 is 40.2 Å². The van der Waals surface area contributed by atoms with Crippen molar-refractivity contribution in [2.75, 3.05) is 18.4 Å². The number of nitro benzene ring substituents is 1. The zero-order valence-electron chi connectivity index (χ0n) is 12.8. The van der Waals surface area contributed by atoms with Crippen molar-refractivity contribution < 1.29 is 9.72 Å². The molecule has 0 saturated carbocycles. The summed E-state index contributed by atoms with van der Waals surface area (Å²) < 4.78 is 0. The predicted octanol–water partition coefficient (Wildman–Crippen LogP) is 4.09. The van der Waals surface area contributed by atoms with Gasteiger partial charge in [-0.25, -0.2) is 0 Å². The Balaban J connectivity index is 1.64. The lowest BCUT2D eigenvalue weighted by molar-refractivity contribution is -0.384. The molecule has 1 fully saturated rings. The van der Waals surface area contributed by atoms with Crippen LogP contribution in [0.25, 0.3) is 0 Å². The number of nitrogens with zero attached hydrogens (tertiary/aromatic N) is 2. The summed E-state index contributed by atoms with van der Waals surface area (Å²) in [6, 6.07) is 8.42. The number of carbonyl (C=O) groups is 1. The number of rotatable bonds is 5. The van der Waals surface area contributed by atoms with E-state index < -0.39 is 4.92 Å². The van der Waals surface area contributed by atoms with Crippen LogP contribution in [0.1, 0.15) is 23.8 Å². The minimum Gasteiger partial charge on any atom is -0.324 e. The first-order valence-electron chi connectivity index (χ1n) is 7.56. The zero-order chi connectivity index (χ0) is 17.1. The van der Waals surface area contributed by atoms with Crippen LogP contribution in [0.4, 0.5) is 11.4 Å². The van der Waals surface area contributed by atoms with Gasteiger partial charge in [0.1, 0.15) is 0 Å². The maximum atomic E-state index is 12.3. The van der Waals surface area contributed by atoms with Crippen molar-refractivity contribution in [3.8, 4) is 0 Å². The highest BCUT2D eigenvalue weighted by Crippen LogP contribution is 2.34. The van der Waals surface area contributed by atoms with E-state index in [9.17, 15) is 14.9 Å². The first-order valence-corrected chi connectivity index (χ1v) is 8.81. The monoisotopic (exact) mass is 365 g/mol. The number of non-ortho nitro benzene ring substituents is 1. The Hall–Kier alpha value is -1.96. The fourth-order valence-corrected chi connectivity index (χ4v) is 4.03. The third kappa shape index (κ3) is 3.75. The molecule has 2 heterocycles. The third-order valence-electron chi connectivity index (χ3n) is 4.02. The molecule has 1 N–H and O–H groups in total. The summed E-state index contributed by atoms with van der Waals surface area (Å²) in [5.41, 5.74) is 0.287. The predicted molar refractivity (Wildman–Crippen MR) is 94.6 cm³/mol. The van der Waals surface area contributed by atoms with E-state index in [4.69, 9.17) is 11.6 Å². The summed E-state index contributed by atoms with van der Waals surface area (Å²) in [4.78, 5) is 25.9. The molecule has 1 amide bonds. The van der Waals surface area contributed by atoms with Crippen LogP contribution in [-0.2, 0) is 4.79 Å². The number of hydrogen-bond acceptors (Lipinski definition) is 5. The van der Waals surface area contributed by atoms with Gasteiger partial charge in [-0.1, -0.05) is 17.7 Å². The van der Waals surface area contributed by atoms with Gasteiger partial charge < -0.3 is 5.32 Å². The van der Waals surface area contributed by atoms with Gasteiger partial charge in [-0.15, -0.1) is 11.3 Å². The second-order valence-corrected chi connectivity index (χ2v) is 7.00. The molecule has 1 aliphatic heterocycles. The molecule has 1 aliphatic rings. The average molecular weight is 366 g/mol. The molecular formula is C16H16ClN3O3S. The van der Waals surface area contributed by atoms with Gasteiger partial charge in [-0.05, 0) is 36.9 Å². The van der Waals surface area contributed by atoms with E-state index in [0.29, 0.717) is 5.69 Å². The van der Waals surface area contributed by atoms with Crippen LogP contribution in [0.5, 0.6) is 0 Å². The van der Waals surface area contributed by atoms with Gasteiger partial charge in [0.25, 0.3) is 5.69 Å². The Bertz CT molecular complexity index is 751. The molecule has 2 aromatic rings. The molecule has 6 nitrogen and oxygen atoms in total. The molecule has 0 aliphatic carbocycles. The quantitative estimate of drug-likeness (QED) is 0.639. The normalized spacial score (nSPS) is 17.8. The van der Waals surface area contributed by atoms with Crippen molar-refractivity contribution in [3.05, 3.63) is 55.7 Å². The molecule has 8 heteroatoms. The van der Waals surface area contributed by atoms with E-state index in [2.05, 4.69) is 16.3 Å². The summed E-state index contributed by atoms with van der Waals surface area (Å²) >= 11 is 7.72. The molecule has 1 atom stereocenters. The second-order valence-electron chi connectivity index (χ2n) is 5.61. The molecule has 126 valence electrons. The Morgan fingerprint density at radius 3 is 2.96 bits per heavy atom. The number of amides is 1. The first kappa shape index (κ1) is 16.9. The van der Waals surface area contributed by atoms with Crippen molar-refractivity contribution in [2.24, 2.45) is 0 Å². The maximum absolute atomic E-state index is 12.3. The Labute approximate surface area is 148 Å². The number of anilines is 1. The van der Waals surface area contributed by atoms with Crippen LogP contribution >= 0.6 is 22.9 Å². The van der Waals surface area contributed by atoms with Gasteiger partial charge in [0, 0.05) is 23.1 Å². The number of halogens is 1.